The first-order valence-electron chi connectivity index (χ1n) is 10.3. The zero-order valence-electron chi connectivity index (χ0n) is 17.2. The van der Waals surface area contributed by atoms with Crippen LogP contribution in [0.5, 0.6) is 5.75 Å². The van der Waals surface area contributed by atoms with Gasteiger partial charge < -0.3 is 4.52 Å². The van der Waals surface area contributed by atoms with E-state index in [1.807, 2.05) is 12.1 Å². The second kappa shape index (κ2) is 5.84. The van der Waals surface area contributed by atoms with Gasteiger partial charge in [0.25, 0.3) is 0 Å². The van der Waals surface area contributed by atoms with Crippen molar-refractivity contribution in [1.29, 1.82) is 0 Å². The molecule has 4 atom stereocenters. The number of phosphoric ester groups is 1. The van der Waals surface area contributed by atoms with Crippen molar-refractivity contribution < 1.29 is 18.9 Å². The third-order valence-electron chi connectivity index (χ3n) is 8.40. The third kappa shape index (κ3) is 2.91. The molecule has 1 aromatic rings. The number of rotatable bonds is 2. The average Bonchev–Trinajstić information content (AvgIpc) is 2.79. The van der Waals surface area contributed by atoms with Gasteiger partial charge in [-0.2, -0.15) is 0 Å². The molecule has 4 nitrogen and oxygen atoms in total. The lowest BCUT2D eigenvalue weighted by Crippen LogP contribution is -2.55. The highest BCUT2D eigenvalue weighted by Crippen LogP contribution is 2.68. The number of benzene rings is 1. The molecule has 3 aliphatic carbocycles. The van der Waals surface area contributed by atoms with E-state index in [2.05, 4.69) is 34.6 Å². The van der Waals surface area contributed by atoms with Crippen LogP contribution in [0, 0.1) is 29.6 Å². The summed E-state index contributed by atoms with van der Waals surface area (Å²) in [5.41, 5.74) is 4.62. The monoisotopic (exact) mass is 392 g/mol. The fourth-order valence-electron chi connectivity index (χ4n) is 7.62. The van der Waals surface area contributed by atoms with Crippen molar-refractivity contribution in [3.63, 3.8) is 0 Å². The predicted octanol–water partition coefficient (Wildman–Crippen LogP) is 5.52. The van der Waals surface area contributed by atoms with Gasteiger partial charge in [0.2, 0.25) is 0 Å². The van der Waals surface area contributed by atoms with Crippen LogP contribution in [-0.2, 0) is 16.4 Å². The topological polar surface area (TPSA) is 66.8 Å². The summed E-state index contributed by atoms with van der Waals surface area (Å²) < 4.78 is 16.2. The van der Waals surface area contributed by atoms with Gasteiger partial charge in [0.05, 0.1) is 0 Å². The zero-order chi connectivity index (χ0) is 19.8. The standard InChI is InChI=1S/C22H33O4P/c1-14-11-16(26-27(23,24)25)12-15-13-18-21(4)9-6-8-20(2,3)17(21)7-10-22(18,5)19(14)15/h11-12,17-18H,6-10,13H2,1-5H3,(H2,23,24,25)/t17?,18-,21+,22-/m1/s1. The van der Waals surface area contributed by atoms with Crippen molar-refractivity contribution in [1.82, 2.24) is 0 Å². The Labute approximate surface area is 163 Å². The molecule has 0 aliphatic heterocycles. The molecule has 27 heavy (non-hydrogen) atoms. The number of hydrogen-bond acceptors (Lipinski definition) is 2. The number of phosphoric acid groups is 1. The largest absolute Gasteiger partial charge is 0.524 e. The Morgan fingerprint density at radius 1 is 1.07 bits per heavy atom. The maximum absolute atomic E-state index is 11.3. The van der Waals surface area contributed by atoms with Crippen LogP contribution >= 0.6 is 7.82 Å². The van der Waals surface area contributed by atoms with Gasteiger partial charge in [0, 0.05) is 0 Å². The summed E-state index contributed by atoms with van der Waals surface area (Å²) in [6.45, 7) is 11.9. The van der Waals surface area contributed by atoms with Gasteiger partial charge in [-0.15, -0.1) is 0 Å². The normalized spacial score (nSPS) is 37.3. The van der Waals surface area contributed by atoms with Gasteiger partial charge in [0.1, 0.15) is 5.75 Å². The summed E-state index contributed by atoms with van der Waals surface area (Å²) >= 11 is 0. The number of fused-ring (bicyclic) bond motifs is 5. The maximum Gasteiger partial charge on any atom is 0.524 e. The fourth-order valence-corrected chi connectivity index (χ4v) is 8.00. The van der Waals surface area contributed by atoms with E-state index >= 15 is 0 Å². The van der Waals surface area contributed by atoms with E-state index in [1.165, 1.54) is 43.2 Å². The Morgan fingerprint density at radius 2 is 1.78 bits per heavy atom. The molecule has 1 aromatic carbocycles. The summed E-state index contributed by atoms with van der Waals surface area (Å²) in [5, 5.41) is 0. The molecule has 0 aromatic heterocycles. The van der Waals surface area contributed by atoms with Gasteiger partial charge in [-0.1, -0.05) is 34.1 Å². The predicted molar refractivity (Wildman–Crippen MR) is 107 cm³/mol. The smallest absolute Gasteiger partial charge is 0.404 e. The Hall–Kier alpha value is -0.830. The first-order valence-corrected chi connectivity index (χ1v) is 11.8. The SMILES string of the molecule is Cc1cc(OP(=O)(O)O)cc2c1[C@]1(C)CCC3C(C)(C)CCC[C@]3(C)[C@H]1C2. The summed E-state index contributed by atoms with van der Waals surface area (Å²) in [5.74, 6) is 1.63. The van der Waals surface area contributed by atoms with Crippen LogP contribution in [0.4, 0.5) is 0 Å². The van der Waals surface area contributed by atoms with Gasteiger partial charge >= 0.3 is 7.82 Å². The number of hydrogen-bond donors (Lipinski definition) is 2. The molecule has 2 saturated carbocycles. The lowest BCUT2D eigenvalue weighted by atomic mass is 9.43. The molecular weight excluding hydrogens is 359 g/mol. The summed E-state index contributed by atoms with van der Waals surface area (Å²) in [6.07, 6.45) is 7.38. The van der Waals surface area contributed by atoms with Crippen molar-refractivity contribution in [3.8, 4) is 5.75 Å². The van der Waals surface area contributed by atoms with E-state index in [0.29, 0.717) is 22.5 Å². The highest BCUT2D eigenvalue weighted by Gasteiger charge is 2.61. The maximum atomic E-state index is 11.3. The summed E-state index contributed by atoms with van der Waals surface area (Å²) in [6, 6.07) is 3.70. The highest BCUT2D eigenvalue weighted by molar-refractivity contribution is 7.46. The van der Waals surface area contributed by atoms with Gasteiger partial charge in [-0.3, -0.25) is 9.79 Å². The van der Waals surface area contributed by atoms with Gasteiger partial charge in [-0.05, 0) is 95.9 Å². The van der Waals surface area contributed by atoms with E-state index in [9.17, 15) is 14.4 Å². The molecule has 0 heterocycles. The minimum absolute atomic E-state index is 0.152. The van der Waals surface area contributed by atoms with Gasteiger partial charge in [-0.25, -0.2) is 4.57 Å². The number of aryl methyl sites for hydroxylation is 1. The van der Waals surface area contributed by atoms with Crippen LogP contribution < -0.4 is 4.52 Å². The van der Waals surface area contributed by atoms with Crippen LogP contribution in [0.15, 0.2) is 12.1 Å². The van der Waals surface area contributed by atoms with Crippen molar-refractivity contribution in [2.75, 3.05) is 0 Å². The lowest BCUT2D eigenvalue weighted by molar-refractivity contribution is -0.0983. The molecule has 1 unspecified atom stereocenters. The lowest BCUT2D eigenvalue weighted by Gasteiger charge is -2.61. The van der Waals surface area contributed by atoms with Crippen LogP contribution in [0.25, 0.3) is 0 Å². The third-order valence-corrected chi connectivity index (χ3v) is 8.85. The Morgan fingerprint density at radius 3 is 2.44 bits per heavy atom. The summed E-state index contributed by atoms with van der Waals surface area (Å²) in [7, 11) is -4.54. The Balaban J connectivity index is 1.77. The molecule has 3 aliphatic rings. The van der Waals surface area contributed by atoms with Crippen LogP contribution in [0.2, 0.25) is 0 Å². The molecule has 0 spiro atoms. The molecule has 0 bridgehead atoms. The fraction of sp³-hybridized carbons (Fsp3) is 0.727. The molecular formula is C22H33O4P. The average molecular weight is 392 g/mol. The van der Waals surface area contributed by atoms with E-state index in [4.69, 9.17) is 4.52 Å². The zero-order valence-corrected chi connectivity index (χ0v) is 18.1. The highest BCUT2D eigenvalue weighted by atomic mass is 31.2. The van der Waals surface area contributed by atoms with Crippen molar-refractivity contribution in [2.24, 2.45) is 22.7 Å². The molecule has 0 saturated heterocycles. The molecule has 0 radical (unpaired) electrons. The quantitative estimate of drug-likeness (QED) is 0.650. The van der Waals surface area contributed by atoms with Crippen LogP contribution in [0.3, 0.4) is 0 Å². The minimum Gasteiger partial charge on any atom is -0.404 e. The summed E-state index contributed by atoms with van der Waals surface area (Å²) in [4.78, 5) is 18.4. The van der Waals surface area contributed by atoms with Crippen molar-refractivity contribution in [2.45, 2.75) is 78.6 Å². The van der Waals surface area contributed by atoms with Crippen molar-refractivity contribution >= 4 is 7.82 Å². The molecule has 150 valence electrons. The second-order valence-electron chi connectivity index (χ2n) is 10.5. The van der Waals surface area contributed by atoms with Gasteiger partial charge in [0.15, 0.2) is 0 Å². The van der Waals surface area contributed by atoms with Crippen LogP contribution in [-0.4, -0.2) is 9.79 Å². The minimum atomic E-state index is -4.54. The first kappa shape index (κ1) is 19.5. The molecule has 2 fully saturated rings. The Kier molecular flexibility index (Phi) is 4.22. The van der Waals surface area contributed by atoms with E-state index < -0.39 is 7.82 Å². The van der Waals surface area contributed by atoms with Crippen LogP contribution in [0.1, 0.15) is 76.5 Å². The second-order valence-corrected chi connectivity index (χ2v) is 11.6. The van der Waals surface area contributed by atoms with E-state index in [0.717, 1.165) is 17.9 Å². The Bertz CT molecular complexity index is 826. The van der Waals surface area contributed by atoms with E-state index in [-0.39, 0.29) is 5.41 Å². The first-order chi connectivity index (χ1) is 12.4. The molecule has 4 rings (SSSR count). The molecule has 0 amide bonds. The van der Waals surface area contributed by atoms with E-state index in [1.54, 1.807) is 0 Å². The molecule has 2 N–H and O–H groups in total. The molecule has 5 heteroatoms. The van der Waals surface area contributed by atoms with Crippen molar-refractivity contribution in [3.05, 3.63) is 28.8 Å².